The second-order valence-corrected chi connectivity index (χ2v) is 4.52. The Hall–Kier alpha value is -1.58. The van der Waals surface area contributed by atoms with Crippen LogP contribution in [-0.4, -0.2) is 23.5 Å². The first-order valence-corrected chi connectivity index (χ1v) is 5.81. The molecule has 84 valence electrons. The lowest BCUT2D eigenvalue weighted by atomic mass is 9.99. The summed E-state index contributed by atoms with van der Waals surface area (Å²) in [5, 5.41) is 2.94. The molecule has 16 heavy (non-hydrogen) atoms. The minimum atomic E-state index is -0.00412. The molecule has 0 aliphatic carbocycles. The highest BCUT2D eigenvalue weighted by Crippen LogP contribution is 2.34. The predicted octanol–water partition coefficient (Wildman–Crippen LogP) is 1.70. The van der Waals surface area contributed by atoms with Gasteiger partial charge in [-0.25, -0.2) is 4.98 Å². The number of anilines is 2. The van der Waals surface area contributed by atoms with E-state index in [4.69, 9.17) is 0 Å². The smallest absolute Gasteiger partial charge is 0.247 e. The fraction of sp³-hybridized carbons (Fsp3) is 0.500. The first-order chi connectivity index (χ1) is 7.75. The molecule has 3 heterocycles. The van der Waals surface area contributed by atoms with Crippen LogP contribution < -0.4 is 10.2 Å². The van der Waals surface area contributed by atoms with E-state index in [1.165, 1.54) is 0 Å². The minimum Gasteiger partial charge on any atom is -0.343 e. The highest BCUT2D eigenvalue weighted by molar-refractivity contribution is 6.02. The number of piperidine rings is 1. The lowest BCUT2D eigenvalue weighted by Crippen LogP contribution is -2.51. The fourth-order valence-corrected chi connectivity index (χ4v) is 2.53. The Kier molecular flexibility index (Phi) is 2.09. The average molecular weight is 217 g/mol. The normalized spacial score (nSPS) is 23.4. The van der Waals surface area contributed by atoms with Crippen LogP contribution in [0.5, 0.6) is 0 Å². The van der Waals surface area contributed by atoms with Gasteiger partial charge in [-0.05, 0) is 38.3 Å². The van der Waals surface area contributed by atoms with Crippen LogP contribution in [0.4, 0.5) is 11.5 Å². The minimum absolute atomic E-state index is 0.00412. The molecule has 1 atom stereocenters. The molecule has 0 aromatic carbocycles. The molecule has 4 nitrogen and oxygen atoms in total. The molecule has 2 aliphatic heterocycles. The van der Waals surface area contributed by atoms with E-state index in [9.17, 15) is 4.79 Å². The van der Waals surface area contributed by atoms with Crippen LogP contribution in [0.15, 0.2) is 12.1 Å². The molecule has 4 heteroatoms. The number of carbonyl (C=O) groups excluding carboxylic acids is 1. The molecule has 0 bridgehead atoms. The van der Waals surface area contributed by atoms with Gasteiger partial charge in [-0.2, -0.15) is 0 Å². The summed E-state index contributed by atoms with van der Waals surface area (Å²) in [5.74, 6) is 1.07. The summed E-state index contributed by atoms with van der Waals surface area (Å²) in [5.41, 5.74) is 1.85. The average Bonchev–Trinajstić information content (AvgIpc) is 2.31. The summed E-state index contributed by atoms with van der Waals surface area (Å²) in [6.45, 7) is 2.93. The lowest BCUT2D eigenvalue weighted by Gasteiger charge is -2.40. The van der Waals surface area contributed by atoms with Gasteiger partial charge in [-0.1, -0.05) is 0 Å². The van der Waals surface area contributed by atoms with Gasteiger partial charge in [-0.3, -0.25) is 4.79 Å². The Labute approximate surface area is 94.7 Å². The maximum Gasteiger partial charge on any atom is 0.247 e. The van der Waals surface area contributed by atoms with E-state index >= 15 is 0 Å². The second-order valence-electron chi connectivity index (χ2n) is 4.52. The Morgan fingerprint density at radius 3 is 3.19 bits per heavy atom. The number of nitrogens with zero attached hydrogens (tertiary/aromatic N) is 2. The molecule has 0 spiro atoms. The van der Waals surface area contributed by atoms with Gasteiger partial charge in [0.2, 0.25) is 5.91 Å². The van der Waals surface area contributed by atoms with Crippen molar-refractivity contribution in [3.8, 4) is 0 Å². The first-order valence-electron chi connectivity index (χ1n) is 5.81. The molecule has 0 saturated carbocycles. The lowest BCUT2D eigenvalue weighted by molar-refractivity contribution is -0.118. The zero-order valence-corrected chi connectivity index (χ0v) is 9.36. The van der Waals surface area contributed by atoms with Crippen molar-refractivity contribution in [1.29, 1.82) is 0 Å². The number of fused-ring (bicyclic) bond motifs is 3. The Morgan fingerprint density at radius 1 is 1.44 bits per heavy atom. The number of carbonyl (C=O) groups is 1. The van der Waals surface area contributed by atoms with Gasteiger partial charge >= 0.3 is 0 Å². The third-order valence-corrected chi connectivity index (χ3v) is 3.35. The summed E-state index contributed by atoms with van der Waals surface area (Å²) in [7, 11) is 0. The summed E-state index contributed by atoms with van der Waals surface area (Å²) >= 11 is 0. The molecule has 1 fully saturated rings. The van der Waals surface area contributed by atoms with Crippen molar-refractivity contribution in [1.82, 2.24) is 4.98 Å². The molecular weight excluding hydrogens is 202 g/mol. The van der Waals surface area contributed by atoms with Crippen molar-refractivity contribution >= 4 is 17.4 Å². The van der Waals surface area contributed by atoms with Crippen molar-refractivity contribution in [3.05, 3.63) is 17.8 Å². The van der Waals surface area contributed by atoms with Crippen LogP contribution in [-0.2, 0) is 4.79 Å². The number of hydrogen-bond donors (Lipinski definition) is 1. The number of aromatic nitrogens is 1. The van der Waals surface area contributed by atoms with Crippen molar-refractivity contribution in [2.24, 2.45) is 0 Å². The highest BCUT2D eigenvalue weighted by atomic mass is 16.2. The molecule has 0 radical (unpaired) electrons. The van der Waals surface area contributed by atoms with E-state index in [-0.39, 0.29) is 11.9 Å². The molecular formula is C12H15N3O. The van der Waals surface area contributed by atoms with E-state index in [0.717, 1.165) is 43.0 Å². The van der Waals surface area contributed by atoms with Crippen molar-refractivity contribution in [3.63, 3.8) is 0 Å². The van der Waals surface area contributed by atoms with E-state index in [1.807, 2.05) is 19.1 Å². The number of hydrogen-bond acceptors (Lipinski definition) is 3. The Bertz CT molecular complexity index is 444. The Balaban J connectivity index is 2.07. The topological polar surface area (TPSA) is 45.2 Å². The molecule has 1 amide bonds. The first kappa shape index (κ1) is 9.63. The SMILES string of the molecule is Cc1ccc2c(n1)N1CCCCC1C(=O)N2. The molecule has 2 aliphatic rings. The van der Waals surface area contributed by atoms with E-state index in [2.05, 4.69) is 15.2 Å². The van der Waals surface area contributed by atoms with Gasteiger partial charge in [0, 0.05) is 12.2 Å². The van der Waals surface area contributed by atoms with Gasteiger partial charge in [0.1, 0.15) is 6.04 Å². The molecule has 1 N–H and O–H groups in total. The molecule has 1 unspecified atom stereocenters. The zero-order valence-electron chi connectivity index (χ0n) is 9.36. The van der Waals surface area contributed by atoms with Crippen molar-refractivity contribution in [2.75, 3.05) is 16.8 Å². The van der Waals surface area contributed by atoms with Crippen LogP contribution in [0.3, 0.4) is 0 Å². The maximum absolute atomic E-state index is 11.9. The number of rotatable bonds is 0. The molecule has 1 aromatic rings. The van der Waals surface area contributed by atoms with E-state index in [1.54, 1.807) is 0 Å². The van der Waals surface area contributed by atoms with Gasteiger partial charge in [0.25, 0.3) is 0 Å². The summed E-state index contributed by atoms with van der Waals surface area (Å²) in [6, 6.07) is 3.87. The van der Waals surface area contributed by atoms with Gasteiger partial charge in [-0.15, -0.1) is 0 Å². The van der Waals surface area contributed by atoms with Crippen molar-refractivity contribution < 1.29 is 4.79 Å². The summed E-state index contributed by atoms with van der Waals surface area (Å²) in [6.07, 6.45) is 3.23. The molecule has 1 saturated heterocycles. The fourth-order valence-electron chi connectivity index (χ4n) is 2.53. The largest absolute Gasteiger partial charge is 0.343 e. The van der Waals surface area contributed by atoms with Gasteiger partial charge in [0.15, 0.2) is 5.82 Å². The number of aryl methyl sites for hydroxylation is 1. The quantitative estimate of drug-likeness (QED) is 0.719. The van der Waals surface area contributed by atoms with Crippen LogP contribution in [0, 0.1) is 6.92 Å². The van der Waals surface area contributed by atoms with E-state index < -0.39 is 0 Å². The predicted molar refractivity (Wildman–Crippen MR) is 62.6 cm³/mol. The Morgan fingerprint density at radius 2 is 2.31 bits per heavy atom. The van der Waals surface area contributed by atoms with Crippen LogP contribution in [0.25, 0.3) is 0 Å². The second kappa shape index (κ2) is 3.47. The van der Waals surface area contributed by atoms with Crippen LogP contribution >= 0.6 is 0 Å². The third-order valence-electron chi connectivity index (χ3n) is 3.35. The van der Waals surface area contributed by atoms with Crippen molar-refractivity contribution in [2.45, 2.75) is 32.2 Å². The number of nitrogens with one attached hydrogen (secondary N) is 1. The van der Waals surface area contributed by atoms with Gasteiger partial charge < -0.3 is 10.2 Å². The number of amides is 1. The molecule has 3 rings (SSSR count). The monoisotopic (exact) mass is 217 g/mol. The van der Waals surface area contributed by atoms with Crippen LogP contribution in [0.2, 0.25) is 0 Å². The van der Waals surface area contributed by atoms with Crippen LogP contribution in [0.1, 0.15) is 25.0 Å². The maximum atomic E-state index is 11.9. The number of pyridine rings is 1. The van der Waals surface area contributed by atoms with E-state index in [0.29, 0.717) is 0 Å². The highest BCUT2D eigenvalue weighted by Gasteiger charge is 2.35. The third kappa shape index (κ3) is 1.37. The summed E-state index contributed by atoms with van der Waals surface area (Å²) < 4.78 is 0. The summed E-state index contributed by atoms with van der Waals surface area (Å²) in [4.78, 5) is 18.6. The standard InChI is InChI=1S/C12H15N3O/c1-8-5-6-9-11(13-8)15-7-3-2-4-10(15)12(16)14-9/h5-6,10H,2-4,7H2,1H3,(H,14,16). The zero-order chi connectivity index (χ0) is 11.1. The van der Waals surface area contributed by atoms with Gasteiger partial charge in [0.05, 0.1) is 5.69 Å². The molecule has 1 aromatic heterocycles.